The number of nitrogens with one attached hydrogen (secondary N) is 2. The van der Waals surface area contributed by atoms with Gasteiger partial charge in [-0.2, -0.15) is 4.98 Å². The Morgan fingerprint density at radius 3 is 2.65 bits per heavy atom. The van der Waals surface area contributed by atoms with Crippen LogP contribution in [0.15, 0.2) is 22.8 Å². The second-order valence-corrected chi connectivity index (χ2v) is 9.11. The largest absolute Gasteiger partial charge is 0.476 e. The van der Waals surface area contributed by atoms with E-state index in [9.17, 15) is 14.4 Å². The number of hydrogen-bond donors (Lipinski definition) is 2. The molecule has 3 amide bonds. The maximum atomic E-state index is 13.1. The number of amides is 3. The van der Waals surface area contributed by atoms with Crippen LogP contribution in [0, 0.1) is 0 Å². The van der Waals surface area contributed by atoms with E-state index in [4.69, 9.17) is 9.15 Å². The maximum Gasteiger partial charge on any atom is 0.259 e. The Balaban J connectivity index is 1.33. The van der Waals surface area contributed by atoms with Gasteiger partial charge in [0.1, 0.15) is 23.5 Å². The molecule has 10 nitrogen and oxygen atoms in total. The molecule has 0 unspecified atom stereocenters. The number of piperazine rings is 1. The summed E-state index contributed by atoms with van der Waals surface area (Å²) in [5.41, 5.74) is 0.710. The molecule has 1 saturated carbocycles. The highest BCUT2D eigenvalue weighted by Gasteiger charge is 2.45. The fourth-order valence-electron chi connectivity index (χ4n) is 4.89. The van der Waals surface area contributed by atoms with Crippen LogP contribution < -0.4 is 20.3 Å². The fraction of sp³-hybridized carbons (Fsp3) is 0.500. The third-order valence-corrected chi connectivity index (χ3v) is 6.95. The number of hydrogen-bond acceptors (Lipinski definition) is 7. The van der Waals surface area contributed by atoms with E-state index < -0.39 is 5.91 Å². The lowest BCUT2D eigenvalue weighted by Crippen LogP contribution is -2.57. The third kappa shape index (κ3) is 3.97. The maximum absolute atomic E-state index is 13.1. The molecule has 34 heavy (non-hydrogen) atoms. The van der Waals surface area contributed by atoms with Gasteiger partial charge in [-0.25, -0.2) is 0 Å². The van der Waals surface area contributed by atoms with E-state index in [-0.39, 0.29) is 22.9 Å². The van der Waals surface area contributed by atoms with Gasteiger partial charge in [0.2, 0.25) is 11.8 Å². The molecular weight excluding hydrogens is 438 g/mol. The smallest absolute Gasteiger partial charge is 0.259 e. The van der Waals surface area contributed by atoms with Crippen molar-refractivity contribution in [1.82, 2.24) is 15.2 Å². The van der Waals surface area contributed by atoms with Crippen LogP contribution in [0.4, 0.5) is 11.5 Å². The van der Waals surface area contributed by atoms with Crippen LogP contribution in [0.25, 0.3) is 0 Å². The number of fused-ring (bicyclic) bond motifs is 1. The zero-order valence-corrected chi connectivity index (χ0v) is 19.5. The zero-order chi connectivity index (χ0) is 23.9. The summed E-state index contributed by atoms with van der Waals surface area (Å²) in [4.78, 5) is 46.0. The van der Waals surface area contributed by atoms with Crippen molar-refractivity contribution in [3.05, 3.63) is 35.3 Å². The summed E-state index contributed by atoms with van der Waals surface area (Å²) in [5, 5.41) is 5.90. The highest BCUT2D eigenvalue weighted by atomic mass is 16.5. The summed E-state index contributed by atoms with van der Waals surface area (Å²) in [5.74, 6) is 0.946. The topological polar surface area (TPSA) is 117 Å². The number of anilines is 2. The molecule has 0 radical (unpaired) electrons. The monoisotopic (exact) mass is 467 g/mol. The second-order valence-electron chi connectivity index (χ2n) is 9.11. The van der Waals surface area contributed by atoms with Gasteiger partial charge in [-0.3, -0.25) is 14.4 Å². The zero-order valence-electron chi connectivity index (χ0n) is 19.5. The van der Waals surface area contributed by atoms with Crippen molar-refractivity contribution in [2.45, 2.75) is 45.1 Å². The molecule has 10 heteroatoms. The number of rotatable bonds is 5. The second kappa shape index (κ2) is 8.66. The van der Waals surface area contributed by atoms with Crippen LogP contribution in [0.1, 0.15) is 59.6 Å². The highest BCUT2D eigenvalue weighted by Crippen LogP contribution is 2.40. The minimum atomic E-state index is -0.449. The number of carbonyl (C=O) groups excluding carboxylic acids is 3. The standard InChI is InChI=1S/C24H29N5O5/c1-3-33-23-17(5-6-19(26-23)29-11-9-28(10-12-29)15(2)30)25-21(31)16-14-34-18-13-24(7-4-8-24)27-22(32)20(16)18/h5-6,14H,3-4,7-13H2,1-2H3,(H,25,31)(H,27,32). The first-order valence-electron chi connectivity index (χ1n) is 11.8. The Hall–Kier alpha value is -3.56. The van der Waals surface area contributed by atoms with Crippen LogP contribution in [0.3, 0.4) is 0 Å². The molecular formula is C24H29N5O5. The first kappa shape index (κ1) is 22.2. The third-order valence-electron chi connectivity index (χ3n) is 6.95. The van der Waals surface area contributed by atoms with Gasteiger partial charge in [0, 0.05) is 45.1 Å². The highest BCUT2D eigenvalue weighted by molar-refractivity contribution is 6.13. The summed E-state index contributed by atoms with van der Waals surface area (Å²) in [6.07, 6.45) is 4.91. The molecule has 4 heterocycles. The molecule has 1 spiro atoms. The number of pyridine rings is 1. The lowest BCUT2D eigenvalue weighted by Gasteiger charge is -2.44. The number of aromatic nitrogens is 1. The molecule has 2 aromatic heterocycles. The lowest BCUT2D eigenvalue weighted by molar-refractivity contribution is -0.129. The van der Waals surface area contributed by atoms with Crippen LogP contribution in [-0.4, -0.2) is 65.9 Å². The van der Waals surface area contributed by atoms with E-state index in [1.165, 1.54) is 6.26 Å². The molecule has 5 rings (SSSR count). The Morgan fingerprint density at radius 2 is 2.00 bits per heavy atom. The Bertz CT molecular complexity index is 1130. The van der Waals surface area contributed by atoms with E-state index in [2.05, 4.69) is 20.5 Å². The van der Waals surface area contributed by atoms with Crippen molar-refractivity contribution in [3.8, 4) is 5.88 Å². The molecule has 1 aliphatic carbocycles. The number of carbonyl (C=O) groups is 3. The van der Waals surface area contributed by atoms with Crippen LogP contribution in [0.2, 0.25) is 0 Å². The van der Waals surface area contributed by atoms with E-state index in [0.717, 1.165) is 25.1 Å². The van der Waals surface area contributed by atoms with Crippen molar-refractivity contribution in [3.63, 3.8) is 0 Å². The van der Waals surface area contributed by atoms with Gasteiger partial charge < -0.3 is 29.6 Å². The predicted octanol–water partition coefficient (Wildman–Crippen LogP) is 2.20. The molecule has 2 fully saturated rings. The molecule has 0 atom stereocenters. The van der Waals surface area contributed by atoms with Gasteiger partial charge in [-0.15, -0.1) is 0 Å². The molecule has 2 aromatic rings. The normalized spacial score (nSPS) is 18.7. The van der Waals surface area contributed by atoms with Crippen molar-refractivity contribution in [2.24, 2.45) is 0 Å². The van der Waals surface area contributed by atoms with E-state index in [0.29, 0.717) is 62.1 Å². The molecule has 180 valence electrons. The number of furan rings is 1. The summed E-state index contributed by atoms with van der Waals surface area (Å²) in [6.45, 7) is 6.40. The van der Waals surface area contributed by atoms with Gasteiger partial charge in [0.05, 0.1) is 17.7 Å². The molecule has 0 bridgehead atoms. The first-order chi connectivity index (χ1) is 16.4. The molecule has 3 aliphatic rings. The van der Waals surface area contributed by atoms with Gasteiger partial charge in [-0.1, -0.05) is 0 Å². The predicted molar refractivity (Wildman–Crippen MR) is 124 cm³/mol. The van der Waals surface area contributed by atoms with Crippen LogP contribution in [0.5, 0.6) is 5.88 Å². The SMILES string of the molecule is CCOc1nc(N2CCN(C(C)=O)CC2)ccc1NC(=O)c1coc2c1C(=O)NC1(CCC1)C2. The quantitative estimate of drug-likeness (QED) is 0.692. The van der Waals surface area contributed by atoms with E-state index >= 15 is 0 Å². The Kier molecular flexibility index (Phi) is 5.66. The molecule has 0 aromatic carbocycles. The van der Waals surface area contributed by atoms with E-state index in [1.807, 2.05) is 17.9 Å². The molecule has 1 saturated heterocycles. The van der Waals surface area contributed by atoms with Gasteiger partial charge in [-0.05, 0) is 38.3 Å². The van der Waals surface area contributed by atoms with Crippen molar-refractivity contribution >= 4 is 29.2 Å². The first-order valence-corrected chi connectivity index (χ1v) is 11.8. The molecule has 2 N–H and O–H groups in total. The van der Waals surface area contributed by atoms with Crippen molar-refractivity contribution < 1.29 is 23.5 Å². The lowest BCUT2D eigenvalue weighted by atomic mass is 9.71. The van der Waals surface area contributed by atoms with Crippen molar-refractivity contribution in [1.29, 1.82) is 0 Å². The van der Waals surface area contributed by atoms with E-state index in [1.54, 1.807) is 13.0 Å². The Labute approximate surface area is 197 Å². The van der Waals surface area contributed by atoms with Gasteiger partial charge in [0.25, 0.3) is 11.8 Å². The van der Waals surface area contributed by atoms with Gasteiger partial charge >= 0.3 is 0 Å². The minimum absolute atomic E-state index is 0.0682. The number of ether oxygens (including phenoxy) is 1. The summed E-state index contributed by atoms with van der Waals surface area (Å²) in [7, 11) is 0. The molecule has 2 aliphatic heterocycles. The average molecular weight is 468 g/mol. The van der Waals surface area contributed by atoms with Crippen LogP contribution in [-0.2, 0) is 11.2 Å². The Morgan fingerprint density at radius 1 is 1.24 bits per heavy atom. The van der Waals surface area contributed by atoms with Crippen LogP contribution >= 0.6 is 0 Å². The minimum Gasteiger partial charge on any atom is -0.476 e. The van der Waals surface area contributed by atoms with Gasteiger partial charge in [0.15, 0.2) is 0 Å². The summed E-state index contributed by atoms with van der Waals surface area (Å²) < 4.78 is 11.4. The number of nitrogens with zero attached hydrogens (tertiary/aromatic N) is 3. The summed E-state index contributed by atoms with van der Waals surface area (Å²) in [6, 6.07) is 3.57. The van der Waals surface area contributed by atoms with Crippen molar-refractivity contribution in [2.75, 3.05) is 43.0 Å². The summed E-state index contributed by atoms with van der Waals surface area (Å²) >= 11 is 0. The fourth-order valence-corrected chi connectivity index (χ4v) is 4.89. The average Bonchev–Trinajstić information content (AvgIpc) is 3.24.